The number of nitrogens with zero attached hydrogens (tertiary/aromatic N) is 3. The highest BCUT2D eigenvalue weighted by Crippen LogP contribution is 2.30. The molecule has 0 spiro atoms. The number of ether oxygens (including phenoxy) is 1. The Kier molecular flexibility index (Phi) is 3.88. The molecule has 0 bridgehead atoms. The van der Waals surface area contributed by atoms with Crippen LogP contribution in [0.25, 0.3) is 10.9 Å². The van der Waals surface area contributed by atoms with Gasteiger partial charge in [-0.05, 0) is 18.2 Å². The van der Waals surface area contributed by atoms with Crippen LogP contribution in [-0.4, -0.2) is 33.6 Å². The molecular formula is C18H17ClN4O2S. The van der Waals surface area contributed by atoms with Crippen LogP contribution < -0.4 is 5.32 Å². The first-order valence-corrected chi connectivity index (χ1v) is 9.77. The average Bonchev–Trinajstić information content (AvgIpc) is 3.22. The molecule has 0 fully saturated rings. The summed E-state index contributed by atoms with van der Waals surface area (Å²) in [6.07, 6.45) is 0.812. The van der Waals surface area contributed by atoms with Gasteiger partial charge in [-0.3, -0.25) is 5.32 Å². The number of fused-ring (bicyclic) bond motifs is 4. The molecule has 2 amide bonds. The van der Waals surface area contributed by atoms with Crippen LogP contribution in [0, 0.1) is 0 Å². The number of urea groups is 1. The Morgan fingerprint density at radius 3 is 3.15 bits per heavy atom. The fourth-order valence-electron chi connectivity index (χ4n) is 3.62. The summed E-state index contributed by atoms with van der Waals surface area (Å²) in [5.41, 5.74) is 3.27. The van der Waals surface area contributed by atoms with E-state index in [2.05, 4.69) is 27.0 Å². The van der Waals surface area contributed by atoms with Gasteiger partial charge in [-0.25, -0.2) is 9.78 Å². The summed E-state index contributed by atoms with van der Waals surface area (Å²) in [4.78, 5) is 20.2. The van der Waals surface area contributed by atoms with Gasteiger partial charge in [0, 0.05) is 41.1 Å². The number of amides is 2. The van der Waals surface area contributed by atoms with Crippen LogP contribution in [0.4, 0.5) is 9.93 Å². The number of benzene rings is 1. The third-order valence-electron chi connectivity index (χ3n) is 4.92. The topological polar surface area (TPSA) is 59.4 Å². The highest BCUT2D eigenvalue weighted by atomic mass is 35.5. The van der Waals surface area contributed by atoms with E-state index in [1.54, 1.807) is 0 Å². The molecule has 0 saturated carbocycles. The molecule has 2 aliphatic heterocycles. The van der Waals surface area contributed by atoms with Gasteiger partial charge < -0.3 is 14.2 Å². The van der Waals surface area contributed by atoms with Crippen molar-refractivity contribution in [1.29, 1.82) is 0 Å². The Bertz CT molecular complexity index is 989. The van der Waals surface area contributed by atoms with Gasteiger partial charge in [0.05, 0.1) is 30.3 Å². The van der Waals surface area contributed by atoms with Gasteiger partial charge in [-0.2, -0.15) is 0 Å². The van der Waals surface area contributed by atoms with Crippen molar-refractivity contribution in [3.8, 4) is 0 Å². The normalized spacial score (nSPS) is 16.4. The minimum absolute atomic E-state index is 0.111. The average molecular weight is 389 g/mol. The molecule has 0 radical (unpaired) electrons. The lowest BCUT2D eigenvalue weighted by Crippen LogP contribution is -2.40. The van der Waals surface area contributed by atoms with Gasteiger partial charge in [0.25, 0.3) is 0 Å². The molecule has 2 aliphatic rings. The molecule has 5 rings (SSSR count). The Hall–Kier alpha value is -2.09. The molecule has 1 aromatic carbocycles. The molecule has 134 valence electrons. The molecule has 2 aromatic heterocycles. The molecule has 4 heterocycles. The lowest BCUT2D eigenvalue weighted by Gasteiger charge is -2.28. The largest absolute Gasteiger partial charge is 0.375 e. The summed E-state index contributed by atoms with van der Waals surface area (Å²) in [5, 5.41) is 5.39. The van der Waals surface area contributed by atoms with Crippen molar-refractivity contribution in [3.63, 3.8) is 0 Å². The zero-order valence-corrected chi connectivity index (χ0v) is 15.6. The summed E-state index contributed by atoms with van der Waals surface area (Å²) in [7, 11) is 0. The van der Waals surface area contributed by atoms with Crippen LogP contribution in [0.2, 0.25) is 5.02 Å². The Balaban J connectivity index is 1.35. The fourth-order valence-corrected chi connectivity index (χ4v) is 4.78. The first kappa shape index (κ1) is 16.1. The molecule has 0 unspecified atom stereocenters. The van der Waals surface area contributed by atoms with Crippen LogP contribution in [0.5, 0.6) is 0 Å². The number of aromatic nitrogens is 2. The molecular weight excluding hydrogens is 372 g/mol. The summed E-state index contributed by atoms with van der Waals surface area (Å²) >= 11 is 7.81. The van der Waals surface area contributed by atoms with Crippen molar-refractivity contribution in [1.82, 2.24) is 14.5 Å². The van der Waals surface area contributed by atoms with Crippen molar-refractivity contribution in [2.75, 3.05) is 18.5 Å². The van der Waals surface area contributed by atoms with Gasteiger partial charge in [-0.1, -0.05) is 29.0 Å². The first-order valence-electron chi connectivity index (χ1n) is 8.58. The van der Waals surface area contributed by atoms with E-state index in [0.29, 0.717) is 31.4 Å². The van der Waals surface area contributed by atoms with Crippen molar-refractivity contribution in [2.24, 2.45) is 0 Å². The van der Waals surface area contributed by atoms with Crippen LogP contribution in [0.1, 0.15) is 16.3 Å². The lowest BCUT2D eigenvalue weighted by molar-refractivity contribution is 0.112. The van der Waals surface area contributed by atoms with Gasteiger partial charge in [0.1, 0.15) is 0 Å². The molecule has 3 aromatic rings. The molecule has 0 saturated heterocycles. The number of carbonyl (C=O) groups excluding carboxylic acids is 1. The lowest BCUT2D eigenvalue weighted by atomic mass is 10.2. The number of rotatable bonds is 1. The van der Waals surface area contributed by atoms with E-state index in [-0.39, 0.29) is 6.03 Å². The standard InChI is InChI=1S/C18H17ClN4O2S/c19-13-2-1-3-15-12(13)8-11-9-22(5-6-23(11)15)18(24)21-17-20-14-4-7-25-10-16(14)26-17/h1-3,8H,4-7,9-10H2,(H,20,21,24). The smallest absolute Gasteiger partial charge is 0.324 e. The summed E-state index contributed by atoms with van der Waals surface area (Å²) < 4.78 is 7.68. The van der Waals surface area contributed by atoms with E-state index in [0.717, 1.165) is 45.2 Å². The number of nitrogens with one attached hydrogen (secondary N) is 1. The number of hydrogen-bond acceptors (Lipinski definition) is 4. The minimum Gasteiger partial charge on any atom is -0.375 e. The number of carbonyl (C=O) groups is 1. The zero-order valence-electron chi connectivity index (χ0n) is 14.0. The maximum Gasteiger partial charge on any atom is 0.324 e. The van der Waals surface area contributed by atoms with Crippen molar-refractivity contribution < 1.29 is 9.53 Å². The quantitative estimate of drug-likeness (QED) is 0.688. The van der Waals surface area contributed by atoms with E-state index in [1.807, 2.05) is 17.0 Å². The van der Waals surface area contributed by atoms with E-state index in [1.165, 1.54) is 11.3 Å². The Labute approximate surface area is 159 Å². The third kappa shape index (κ3) is 2.67. The van der Waals surface area contributed by atoms with Gasteiger partial charge >= 0.3 is 6.03 Å². The first-order chi connectivity index (χ1) is 12.7. The predicted molar refractivity (Wildman–Crippen MR) is 102 cm³/mol. The predicted octanol–water partition coefficient (Wildman–Crippen LogP) is 3.87. The number of halogens is 1. The van der Waals surface area contributed by atoms with Crippen LogP contribution in [0.15, 0.2) is 24.3 Å². The van der Waals surface area contributed by atoms with Crippen LogP contribution in [0.3, 0.4) is 0 Å². The second kappa shape index (κ2) is 6.26. The Morgan fingerprint density at radius 2 is 2.27 bits per heavy atom. The number of hydrogen-bond donors (Lipinski definition) is 1. The Morgan fingerprint density at radius 1 is 1.35 bits per heavy atom. The zero-order chi connectivity index (χ0) is 17.7. The molecule has 8 heteroatoms. The van der Waals surface area contributed by atoms with E-state index < -0.39 is 0 Å². The molecule has 0 aliphatic carbocycles. The van der Waals surface area contributed by atoms with Gasteiger partial charge in [-0.15, -0.1) is 0 Å². The second-order valence-corrected chi connectivity index (χ2v) is 7.99. The molecule has 1 N–H and O–H groups in total. The van der Waals surface area contributed by atoms with Crippen molar-refractivity contribution in [2.45, 2.75) is 26.1 Å². The highest BCUT2D eigenvalue weighted by Gasteiger charge is 2.24. The maximum absolute atomic E-state index is 12.7. The third-order valence-corrected chi connectivity index (χ3v) is 6.24. The van der Waals surface area contributed by atoms with Gasteiger partial charge in [0.2, 0.25) is 0 Å². The van der Waals surface area contributed by atoms with Crippen molar-refractivity contribution in [3.05, 3.63) is 45.6 Å². The maximum atomic E-state index is 12.7. The molecule has 26 heavy (non-hydrogen) atoms. The highest BCUT2D eigenvalue weighted by molar-refractivity contribution is 7.15. The molecule has 0 atom stereocenters. The summed E-state index contributed by atoms with van der Waals surface area (Å²) in [5.74, 6) is 0. The summed E-state index contributed by atoms with van der Waals surface area (Å²) in [6, 6.07) is 7.90. The number of anilines is 1. The van der Waals surface area contributed by atoms with E-state index in [9.17, 15) is 4.79 Å². The van der Waals surface area contributed by atoms with Gasteiger partial charge in [0.15, 0.2) is 5.13 Å². The van der Waals surface area contributed by atoms with Crippen LogP contribution in [-0.2, 0) is 30.9 Å². The molecule has 6 nitrogen and oxygen atoms in total. The minimum atomic E-state index is -0.111. The van der Waals surface area contributed by atoms with Crippen molar-refractivity contribution >= 4 is 45.0 Å². The SMILES string of the molecule is O=C(Nc1nc2c(s1)COCC2)N1CCn2c(cc3c(Cl)cccc32)C1. The monoisotopic (exact) mass is 388 g/mol. The van der Waals surface area contributed by atoms with E-state index in [4.69, 9.17) is 16.3 Å². The summed E-state index contributed by atoms with van der Waals surface area (Å²) in [6.45, 7) is 3.26. The van der Waals surface area contributed by atoms with Crippen LogP contribution >= 0.6 is 22.9 Å². The number of thiazole rings is 1. The fraction of sp³-hybridized carbons (Fsp3) is 0.333. The second-order valence-electron chi connectivity index (χ2n) is 6.50. The van der Waals surface area contributed by atoms with E-state index >= 15 is 0 Å².